The highest BCUT2D eigenvalue weighted by molar-refractivity contribution is 9.10. The maximum absolute atomic E-state index is 13.3. The van der Waals surface area contributed by atoms with Gasteiger partial charge in [0, 0.05) is 17.3 Å². The summed E-state index contributed by atoms with van der Waals surface area (Å²) in [6.07, 6.45) is 3.57. The Balaban J connectivity index is 1.50. The Morgan fingerprint density at radius 2 is 1.87 bits per heavy atom. The van der Waals surface area contributed by atoms with Crippen molar-refractivity contribution in [3.8, 4) is 22.7 Å². The van der Waals surface area contributed by atoms with Crippen molar-refractivity contribution in [2.24, 2.45) is 0 Å². The van der Waals surface area contributed by atoms with Gasteiger partial charge < -0.3 is 4.74 Å². The second-order valence-corrected chi connectivity index (χ2v) is 10.9. The van der Waals surface area contributed by atoms with Gasteiger partial charge in [0.2, 0.25) is 0 Å². The zero-order valence-corrected chi connectivity index (χ0v) is 23.7. The molecule has 0 spiro atoms. The fraction of sp³-hybridized carbons (Fsp3) is 0.0370. The highest BCUT2D eigenvalue weighted by Crippen LogP contribution is 2.36. The van der Waals surface area contributed by atoms with Crippen molar-refractivity contribution in [2.45, 2.75) is 0 Å². The number of carbonyl (C=O) groups is 2. The van der Waals surface area contributed by atoms with Crippen molar-refractivity contribution in [3.63, 3.8) is 0 Å². The van der Waals surface area contributed by atoms with Crippen molar-refractivity contribution in [2.75, 3.05) is 7.11 Å². The Morgan fingerprint density at radius 1 is 1.13 bits per heavy atom. The van der Waals surface area contributed by atoms with Crippen LogP contribution in [0.5, 0.6) is 5.75 Å². The highest BCUT2D eigenvalue weighted by atomic mass is 79.9. The molecule has 5 rings (SSSR count). The van der Waals surface area contributed by atoms with Gasteiger partial charge >= 0.3 is 0 Å². The number of halogens is 2. The van der Waals surface area contributed by atoms with E-state index in [0.717, 1.165) is 32.5 Å². The SMILES string of the molecule is COc1ccc(-c2nn(-c3ccccc3)cc2/C=C2\SC(=S)N(NC(=O)c3ccccc3Cl)C2=O)cc1Br. The molecule has 38 heavy (non-hydrogen) atoms. The Bertz CT molecular complexity index is 1610. The third-order valence-electron chi connectivity index (χ3n) is 5.60. The van der Waals surface area contributed by atoms with Gasteiger partial charge in [-0.15, -0.1) is 0 Å². The number of benzene rings is 3. The molecule has 2 heterocycles. The van der Waals surface area contributed by atoms with E-state index in [2.05, 4.69) is 21.4 Å². The van der Waals surface area contributed by atoms with Crippen LogP contribution in [-0.4, -0.2) is 38.0 Å². The summed E-state index contributed by atoms with van der Waals surface area (Å²) in [6.45, 7) is 0. The van der Waals surface area contributed by atoms with Gasteiger partial charge in [-0.05, 0) is 76.7 Å². The summed E-state index contributed by atoms with van der Waals surface area (Å²) in [6, 6.07) is 21.9. The van der Waals surface area contributed by atoms with Gasteiger partial charge in [-0.25, -0.2) is 4.68 Å². The molecule has 1 aliphatic heterocycles. The predicted molar refractivity (Wildman–Crippen MR) is 157 cm³/mol. The quantitative estimate of drug-likeness (QED) is 0.195. The molecule has 1 aromatic heterocycles. The zero-order valence-electron chi connectivity index (χ0n) is 19.7. The molecule has 1 aliphatic rings. The number of para-hydroxylation sites is 1. The summed E-state index contributed by atoms with van der Waals surface area (Å²) in [4.78, 5) is 26.4. The summed E-state index contributed by atoms with van der Waals surface area (Å²) >= 11 is 16.2. The Kier molecular flexibility index (Phi) is 7.66. The van der Waals surface area contributed by atoms with E-state index >= 15 is 0 Å². The molecule has 2 amide bonds. The minimum Gasteiger partial charge on any atom is -0.496 e. The van der Waals surface area contributed by atoms with E-state index < -0.39 is 11.8 Å². The molecule has 1 N–H and O–H groups in total. The molecular formula is C27H18BrClN4O3S2. The zero-order chi connectivity index (χ0) is 26.8. The van der Waals surface area contributed by atoms with Crippen LogP contribution in [0.3, 0.4) is 0 Å². The van der Waals surface area contributed by atoms with Crippen LogP contribution < -0.4 is 10.2 Å². The van der Waals surface area contributed by atoms with Crippen molar-refractivity contribution in [1.29, 1.82) is 0 Å². The number of amides is 2. The van der Waals surface area contributed by atoms with Crippen molar-refractivity contribution >= 4 is 73.7 Å². The van der Waals surface area contributed by atoms with Crippen molar-refractivity contribution < 1.29 is 14.3 Å². The van der Waals surface area contributed by atoms with E-state index in [1.54, 1.807) is 42.1 Å². The summed E-state index contributed by atoms with van der Waals surface area (Å²) in [5.41, 5.74) is 5.84. The van der Waals surface area contributed by atoms with Crippen LogP contribution >= 0.6 is 51.5 Å². The molecule has 1 saturated heterocycles. The molecule has 3 aromatic carbocycles. The van der Waals surface area contributed by atoms with E-state index in [-0.39, 0.29) is 14.9 Å². The van der Waals surface area contributed by atoms with Gasteiger partial charge in [0.25, 0.3) is 11.8 Å². The molecule has 4 aromatic rings. The van der Waals surface area contributed by atoms with E-state index in [4.69, 9.17) is 33.7 Å². The van der Waals surface area contributed by atoms with Gasteiger partial charge in [0.15, 0.2) is 4.32 Å². The molecule has 11 heteroatoms. The first-order valence-corrected chi connectivity index (χ1v) is 13.6. The Morgan fingerprint density at radius 3 is 2.58 bits per heavy atom. The second kappa shape index (κ2) is 11.1. The van der Waals surface area contributed by atoms with Crippen LogP contribution in [0.2, 0.25) is 5.02 Å². The number of ether oxygens (including phenoxy) is 1. The van der Waals surface area contributed by atoms with Crippen LogP contribution in [-0.2, 0) is 4.79 Å². The number of thiocarbonyl (C=S) groups is 1. The largest absolute Gasteiger partial charge is 0.496 e. The number of hydrazine groups is 1. The fourth-order valence-electron chi connectivity index (χ4n) is 3.76. The topological polar surface area (TPSA) is 76.5 Å². The first-order valence-electron chi connectivity index (χ1n) is 11.2. The fourth-order valence-corrected chi connectivity index (χ4v) is 5.69. The van der Waals surface area contributed by atoms with Crippen LogP contribution in [0.1, 0.15) is 15.9 Å². The average molecular weight is 626 g/mol. The monoisotopic (exact) mass is 624 g/mol. The molecule has 0 bridgehead atoms. The predicted octanol–water partition coefficient (Wildman–Crippen LogP) is 6.51. The number of nitrogens with one attached hydrogen (secondary N) is 1. The van der Waals surface area contributed by atoms with Crippen LogP contribution in [0.15, 0.2) is 88.4 Å². The van der Waals surface area contributed by atoms with E-state index in [0.29, 0.717) is 21.9 Å². The maximum atomic E-state index is 13.3. The number of nitrogens with zero attached hydrogens (tertiary/aromatic N) is 3. The van der Waals surface area contributed by atoms with Gasteiger partial charge in [-0.1, -0.05) is 53.7 Å². The lowest BCUT2D eigenvalue weighted by Crippen LogP contribution is -2.44. The lowest BCUT2D eigenvalue weighted by Gasteiger charge is -2.16. The molecule has 0 aliphatic carbocycles. The summed E-state index contributed by atoms with van der Waals surface area (Å²) in [5.74, 6) is -0.295. The number of hydrogen-bond donors (Lipinski definition) is 1. The highest BCUT2D eigenvalue weighted by Gasteiger charge is 2.34. The van der Waals surface area contributed by atoms with E-state index in [1.807, 2.05) is 54.7 Å². The van der Waals surface area contributed by atoms with Crippen molar-refractivity contribution in [3.05, 3.63) is 105 Å². The molecule has 0 atom stereocenters. The van der Waals surface area contributed by atoms with Crippen molar-refractivity contribution in [1.82, 2.24) is 20.2 Å². The van der Waals surface area contributed by atoms with E-state index in [1.165, 1.54) is 0 Å². The van der Waals surface area contributed by atoms with Crippen LogP contribution in [0.4, 0.5) is 0 Å². The number of rotatable bonds is 6. The third kappa shape index (κ3) is 5.25. The Hall–Kier alpha value is -3.44. The second-order valence-electron chi connectivity index (χ2n) is 8.00. The smallest absolute Gasteiger partial charge is 0.285 e. The standard InChI is InChI=1S/C27H18BrClN4O3S2/c1-36-22-12-11-16(13-20(22)28)24-17(15-32(30-24)18-7-3-2-4-8-18)14-23-26(35)33(27(37)38-23)31-25(34)19-9-5-6-10-21(19)29/h2-15H,1H3,(H,31,34)/b23-14-. The molecule has 0 saturated carbocycles. The first kappa shape index (κ1) is 26.2. The third-order valence-corrected chi connectivity index (χ3v) is 7.85. The normalized spacial score (nSPS) is 14.3. The number of carbonyl (C=O) groups excluding carboxylic acids is 2. The molecule has 0 radical (unpaired) electrons. The molecule has 7 nitrogen and oxygen atoms in total. The van der Waals surface area contributed by atoms with Crippen LogP contribution in [0, 0.1) is 0 Å². The lowest BCUT2D eigenvalue weighted by molar-refractivity contribution is -0.123. The molecule has 0 unspecified atom stereocenters. The number of hydrogen-bond acceptors (Lipinski definition) is 6. The van der Waals surface area contributed by atoms with E-state index in [9.17, 15) is 9.59 Å². The lowest BCUT2D eigenvalue weighted by atomic mass is 10.1. The van der Waals surface area contributed by atoms with Gasteiger partial charge in [-0.3, -0.25) is 15.0 Å². The van der Waals surface area contributed by atoms with Gasteiger partial charge in [-0.2, -0.15) is 10.1 Å². The van der Waals surface area contributed by atoms with Gasteiger partial charge in [0.05, 0.1) is 32.8 Å². The molecule has 190 valence electrons. The number of methoxy groups -OCH3 is 1. The Labute approximate surface area is 241 Å². The minimum atomic E-state index is -0.534. The van der Waals surface area contributed by atoms with Crippen LogP contribution in [0.25, 0.3) is 23.0 Å². The van der Waals surface area contributed by atoms with Gasteiger partial charge in [0.1, 0.15) is 11.4 Å². The summed E-state index contributed by atoms with van der Waals surface area (Å²) in [7, 11) is 1.60. The number of aromatic nitrogens is 2. The first-order chi connectivity index (χ1) is 18.4. The summed E-state index contributed by atoms with van der Waals surface area (Å²) in [5, 5.41) is 6.14. The maximum Gasteiger partial charge on any atom is 0.285 e. The molecule has 1 fully saturated rings. The average Bonchev–Trinajstić information content (AvgIpc) is 3.46. The number of thioether (sulfide) groups is 1. The molecular weight excluding hydrogens is 608 g/mol. The minimum absolute atomic E-state index is 0.200. The summed E-state index contributed by atoms with van der Waals surface area (Å²) < 4.78 is 8.08.